The second kappa shape index (κ2) is 14.5. The molecule has 0 bridgehead atoms. The van der Waals surface area contributed by atoms with E-state index in [1.165, 1.54) is 5.56 Å². The lowest BCUT2D eigenvalue weighted by atomic mass is 10.2. The van der Waals surface area contributed by atoms with Crippen molar-refractivity contribution in [3.8, 4) is 11.5 Å². The molecule has 1 saturated heterocycles. The highest BCUT2D eigenvalue weighted by Gasteiger charge is 2.23. The van der Waals surface area contributed by atoms with Crippen LogP contribution in [0.15, 0.2) is 46.0 Å². The molecule has 9 heteroatoms. The number of methoxy groups -OCH3 is 2. The van der Waals surface area contributed by atoms with Crippen LogP contribution in [0, 0.1) is 0 Å². The van der Waals surface area contributed by atoms with Crippen molar-refractivity contribution in [1.29, 1.82) is 0 Å². The fraction of sp³-hybridized carbons (Fsp3) is 0.522. The van der Waals surface area contributed by atoms with Crippen LogP contribution in [-0.2, 0) is 13.0 Å². The van der Waals surface area contributed by atoms with E-state index in [2.05, 4.69) is 33.9 Å². The van der Waals surface area contributed by atoms with Crippen molar-refractivity contribution >= 4 is 41.7 Å². The van der Waals surface area contributed by atoms with Gasteiger partial charge in [-0.3, -0.25) is 9.89 Å². The molecule has 1 aromatic heterocycles. The van der Waals surface area contributed by atoms with Crippen LogP contribution < -0.4 is 20.1 Å². The maximum Gasteiger partial charge on any atom is 0.191 e. The summed E-state index contributed by atoms with van der Waals surface area (Å²) in [5, 5.41) is 7.08. The third-order valence-corrected chi connectivity index (χ3v) is 5.83. The zero-order valence-corrected chi connectivity index (χ0v) is 22.3. The molecule has 0 aliphatic carbocycles. The number of nitrogens with zero attached hydrogens (tertiary/aromatic N) is 2. The third kappa shape index (κ3) is 8.74. The number of nitrogens with one attached hydrogen (secondary N) is 2. The summed E-state index contributed by atoms with van der Waals surface area (Å²) < 4.78 is 16.2. The molecule has 1 aliphatic heterocycles. The first kappa shape index (κ1) is 26.7. The molecule has 2 heterocycles. The Bertz CT molecular complexity index is 797. The molecule has 1 aromatic carbocycles. The minimum atomic E-state index is 0. The molecular formula is C23H35IN4O3S. The number of ether oxygens (including phenoxy) is 2. The lowest BCUT2D eigenvalue weighted by molar-refractivity contribution is 0.321. The number of hydrogen-bond donors (Lipinski definition) is 2. The van der Waals surface area contributed by atoms with E-state index in [4.69, 9.17) is 18.9 Å². The van der Waals surface area contributed by atoms with Crippen molar-refractivity contribution in [1.82, 2.24) is 15.5 Å². The summed E-state index contributed by atoms with van der Waals surface area (Å²) in [5.74, 6) is 4.53. The fourth-order valence-corrected chi connectivity index (χ4v) is 3.94. The molecule has 0 radical (unpaired) electrons. The van der Waals surface area contributed by atoms with E-state index in [-0.39, 0.29) is 24.0 Å². The molecule has 1 fully saturated rings. The van der Waals surface area contributed by atoms with Crippen molar-refractivity contribution < 1.29 is 13.9 Å². The van der Waals surface area contributed by atoms with Crippen molar-refractivity contribution in [2.75, 3.05) is 52.4 Å². The number of aliphatic imine (C=N–C) groups is 1. The van der Waals surface area contributed by atoms with Gasteiger partial charge in [0.25, 0.3) is 0 Å². The molecule has 1 aliphatic rings. The predicted molar refractivity (Wildman–Crippen MR) is 143 cm³/mol. The van der Waals surface area contributed by atoms with E-state index in [1.807, 2.05) is 30.0 Å². The number of likely N-dealkylation sites (tertiary alicyclic amines) is 1. The van der Waals surface area contributed by atoms with Crippen LogP contribution in [0.1, 0.15) is 17.7 Å². The van der Waals surface area contributed by atoms with Gasteiger partial charge in [0.15, 0.2) is 5.96 Å². The average molecular weight is 575 g/mol. The topological polar surface area (TPSA) is 71.3 Å². The molecule has 1 atom stereocenters. The summed E-state index contributed by atoms with van der Waals surface area (Å²) in [7, 11) is 3.37. The molecule has 32 heavy (non-hydrogen) atoms. The maximum absolute atomic E-state index is 5.42. The van der Waals surface area contributed by atoms with Gasteiger partial charge in [0, 0.05) is 50.5 Å². The largest absolute Gasteiger partial charge is 0.497 e. The molecule has 1 unspecified atom stereocenters. The predicted octanol–water partition coefficient (Wildman–Crippen LogP) is 3.63. The highest BCUT2D eigenvalue weighted by Crippen LogP contribution is 2.24. The van der Waals surface area contributed by atoms with E-state index < -0.39 is 0 Å². The zero-order valence-electron chi connectivity index (χ0n) is 19.1. The normalized spacial score (nSPS) is 16.5. The minimum absolute atomic E-state index is 0. The van der Waals surface area contributed by atoms with Gasteiger partial charge in [-0.1, -0.05) is 0 Å². The smallest absolute Gasteiger partial charge is 0.191 e. The Hall–Kier alpha value is -1.59. The first-order valence-electron chi connectivity index (χ1n) is 10.7. The molecule has 0 spiro atoms. The number of thioether (sulfide) groups is 1. The van der Waals surface area contributed by atoms with Crippen molar-refractivity contribution in [3.05, 3.63) is 47.9 Å². The summed E-state index contributed by atoms with van der Waals surface area (Å²) in [5.41, 5.74) is 1.20. The van der Waals surface area contributed by atoms with E-state index in [9.17, 15) is 0 Å². The Balaban J connectivity index is 0.00000363. The van der Waals surface area contributed by atoms with E-state index in [0.29, 0.717) is 6.04 Å². The highest BCUT2D eigenvalue weighted by atomic mass is 127. The Morgan fingerprint density at radius 3 is 2.69 bits per heavy atom. The Morgan fingerprint density at radius 2 is 2.03 bits per heavy atom. The van der Waals surface area contributed by atoms with Gasteiger partial charge in [-0.25, -0.2) is 0 Å². The Morgan fingerprint density at radius 1 is 1.25 bits per heavy atom. The standard InChI is InChI=1S/C23H34N4O3S.HI/c1-28-21-13-18(14-22(15-21)29-2)16-27-10-7-19(17-27)26-23(25-9-12-31-3)24-8-6-20-5-4-11-30-20;/h4-5,11,13-15,19H,6-10,12,16-17H2,1-3H3,(H2,24,25,26);1H. The van der Waals surface area contributed by atoms with Gasteiger partial charge in [-0.05, 0) is 42.5 Å². The second-order valence-electron chi connectivity index (χ2n) is 7.57. The quantitative estimate of drug-likeness (QED) is 0.184. The van der Waals surface area contributed by atoms with E-state index in [0.717, 1.165) is 74.5 Å². The van der Waals surface area contributed by atoms with Crippen molar-refractivity contribution in [3.63, 3.8) is 0 Å². The number of rotatable bonds is 11. The van der Waals surface area contributed by atoms with Gasteiger partial charge in [0.2, 0.25) is 0 Å². The second-order valence-corrected chi connectivity index (χ2v) is 8.55. The van der Waals surface area contributed by atoms with Crippen LogP contribution in [-0.4, -0.2) is 69.3 Å². The molecule has 3 rings (SSSR count). The van der Waals surface area contributed by atoms with Crippen molar-refractivity contribution in [2.45, 2.75) is 25.4 Å². The zero-order chi connectivity index (χ0) is 21.9. The Kier molecular flexibility index (Phi) is 12.1. The van der Waals surface area contributed by atoms with Gasteiger partial charge in [0.05, 0.1) is 27.0 Å². The summed E-state index contributed by atoms with van der Waals surface area (Å²) in [6.45, 7) is 4.48. The molecule has 2 aromatic rings. The first-order chi connectivity index (χ1) is 15.2. The van der Waals surface area contributed by atoms with Gasteiger partial charge in [0.1, 0.15) is 17.3 Å². The van der Waals surface area contributed by atoms with Crippen LogP contribution in [0.2, 0.25) is 0 Å². The highest BCUT2D eigenvalue weighted by molar-refractivity contribution is 14.0. The summed E-state index contributed by atoms with van der Waals surface area (Å²) in [6.07, 6.45) is 5.74. The number of furan rings is 1. The van der Waals surface area contributed by atoms with Gasteiger partial charge >= 0.3 is 0 Å². The van der Waals surface area contributed by atoms with E-state index >= 15 is 0 Å². The summed E-state index contributed by atoms with van der Waals surface area (Å²) in [6, 6.07) is 10.4. The SMILES string of the molecule is COc1cc(CN2CCC(NC(=NCCSC)NCCc3ccco3)C2)cc(OC)c1.I. The summed E-state index contributed by atoms with van der Waals surface area (Å²) >= 11 is 1.81. The molecule has 2 N–H and O–H groups in total. The lowest BCUT2D eigenvalue weighted by Crippen LogP contribution is -2.45. The number of benzene rings is 1. The van der Waals surface area contributed by atoms with Crippen LogP contribution in [0.25, 0.3) is 0 Å². The number of guanidine groups is 1. The Labute approximate surface area is 212 Å². The number of hydrogen-bond acceptors (Lipinski definition) is 6. The average Bonchev–Trinajstić information content (AvgIpc) is 3.45. The fourth-order valence-electron chi connectivity index (χ4n) is 3.66. The third-order valence-electron chi connectivity index (χ3n) is 5.24. The van der Waals surface area contributed by atoms with Gasteiger partial charge in [-0.15, -0.1) is 24.0 Å². The van der Waals surface area contributed by atoms with Crippen LogP contribution in [0.3, 0.4) is 0 Å². The molecular weight excluding hydrogens is 539 g/mol. The van der Waals surface area contributed by atoms with Crippen LogP contribution in [0.5, 0.6) is 11.5 Å². The first-order valence-corrected chi connectivity index (χ1v) is 12.1. The monoisotopic (exact) mass is 574 g/mol. The lowest BCUT2D eigenvalue weighted by Gasteiger charge is -2.20. The van der Waals surface area contributed by atoms with E-state index in [1.54, 1.807) is 20.5 Å². The molecule has 7 nitrogen and oxygen atoms in total. The maximum atomic E-state index is 5.42. The van der Waals surface area contributed by atoms with Crippen LogP contribution >= 0.6 is 35.7 Å². The molecule has 0 saturated carbocycles. The molecule has 0 amide bonds. The van der Waals surface area contributed by atoms with Gasteiger partial charge in [-0.2, -0.15) is 11.8 Å². The van der Waals surface area contributed by atoms with Crippen molar-refractivity contribution in [2.24, 2.45) is 4.99 Å². The van der Waals surface area contributed by atoms with Gasteiger partial charge < -0.3 is 24.5 Å². The summed E-state index contributed by atoms with van der Waals surface area (Å²) in [4.78, 5) is 7.19. The van der Waals surface area contributed by atoms with Crippen LogP contribution in [0.4, 0.5) is 0 Å². The molecule has 178 valence electrons. The minimum Gasteiger partial charge on any atom is -0.497 e. The number of halogens is 1.